The summed E-state index contributed by atoms with van der Waals surface area (Å²) in [6.07, 6.45) is 4.15. The van der Waals surface area contributed by atoms with Gasteiger partial charge in [0.1, 0.15) is 12.3 Å². The maximum absolute atomic E-state index is 13.1. The van der Waals surface area contributed by atoms with Crippen LogP contribution in [0.25, 0.3) is 10.9 Å². The number of ether oxygens (including phenoxy) is 2. The number of nitrogens with one attached hydrogen (secondary N) is 1. The zero-order valence-corrected chi connectivity index (χ0v) is 21.3. The van der Waals surface area contributed by atoms with E-state index in [-0.39, 0.29) is 24.8 Å². The first-order valence-corrected chi connectivity index (χ1v) is 12.4. The number of aromatic amines is 1. The predicted molar refractivity (Wildman–Crippen MR) is 137 cm³/mol. The molecular weight excluding hydrogens is 474 g/mol. The van der Waals surface area contributed by atoms with Crippen molar-refractivity contribution >= 4 is 16.9 Å². The Balaban J connectivity index is 1.71. The molecule has 0 aliphatic rings. The minimum Gasteiger partial charge on any atom is -0.494 e. The monoisotopic (exact) mass is 505 g/mol. The predicted octanol–water partition coefficient (Wildman–Crippen LogP) is 3.02. The van der Waals surface area contributed by atoms with Crippen LogP contribution in [-0.4, -0.2) is 54.3 Å². The van der Waals surface area contributed by atoms with E-state index in [1.54, 1.807) is 19.3 Å². The number of H-pyrrole nitrogens is 1. The van der Waals surface area contributed by atoms with Crippen molar-refractivity contribution in [2.24, 2.45) is 0 Å². The summed E-state index contributed by atoms with van der Waals surface area (Å²) < 4.78 is 12.2. The number of nitrogens with zero attached hydrogens (tertiary/aromatic N) is 6. The summed E-state index contributed by atoms with van der Waals surface area (Å²) in [5, 5.41) is 13.0. The molecule has 0 spiro atoms. The maximum atomic E-state index is 13.1. The number of hydrogen-bond acceptors (Lipinski definition) is 9. The van der Waals surface area contributed by atoms with Gasteiger partial charge in [0.25, 0.3) is 5.56 Å². The molecule has 0 fully saturated rings. The Morgan fingerprint density at radius 3 is 2.73 bits per heavy atom. The molecule has 0 saturated carbocycles. The molecule has 1 atom stereocenters. The van der Waals surface area contributed by atoms with Crippen molar-refractivity contribution in [2.45, 2.75) is 52.9 Å². The van der Waals surface area contributed by atoms with Crippen molar-refractivity contribution in [3.05, 3.63) is 76.1 Å². The van der Waals surface area contributed by atoms with Gasteiger partial charge in [0, 0.05) is 41.9 Å². The summed E-state index contributed by atoms with van der Waals surface area (Å²) in [6.45, 7) is 7.25. The minimum absolute atomic E-state index is 0.0931. The molecule has 37 heavy (non-hydrogen) atoms. The van der Waals surface area contributed by atoms with Gasteiger partial charge in [0.2, 0.25) is 0 Å². The Morgan fingerprint density at radius 1 is 1.14 bits per heavy atom. The Bertz CT molecular complexity index is 1390. The van der Waals surface area contributed by atoms with Gasteiger partial charge in [-0.1, -0.05) is 13.0 Å². The second kappa shape index (κ2) is 12.2. The summed E-state index contributed by atoms with van der Waals surface area (Å²) in [6, 6.07) is 11.1. The number of hydrogen-bond donors (Lipinski definition) is 1. The molecule has 3 aromatic heterocycles. The van der Waals surface area contributed by atoms with Crippen LogP contribution in [0.5, 0.6) is 5.75 Å². The highest BCUT2D eigenvalue weighted by molar-refractivity contribution is 5.80. The van der Waals surface area contributed by atoms with Gasteiger partial charge >= 0.3 is 5.97 Å². The van der Waals surface area contributed by atoms with E-state index in [9.17, 15) is 9.59 Å². The van der Waals surface area contributed by atoms with Crippen LogP contribution in [0.3, 0.4) is 0 Å². The van der Waals surface area contributed by atoms with E-state index < -0.39 is 5.97 Å². The third kappa shape index (κ3) is 6.36. The first-order valence-electron chi connectivity index (χ1n) is 12.4. The van der Waals surface area contributed by atoms with E-state index >= 15 is 0 Å². The lowest BCUT2D eigenvalue weighted by Gasteiger charge is -2.30. The van der Waals surface area contributed by atoms with Crippen molar-refractivity contribution < 1.29 is 14.3 Å². The number of carbonyl (C=O) groups is 1. The van der Waals surface area contributed by atoms with E-state index in [1.165, 1.54) is 4.68 Å². The molecule has 0 aliphatic carbocycles. The second-order valence-electron chi connectivity index (χ2n) is 8.50. The summed E-state index contributed by atoms with van der Waals surface area (Å²) in [5.41, 5.74) is 2.13. The number of aromatic nitrogens is 6. The molecule has 1 unspecified atom stereocenters. The normalized spacial score (nSPS) is 12.1. The third-order valence-electron chi connectivity index (χ3n) is 5.95. The van der Waals surface area contributed by atoms with E-state index in [0.29, 0.717) is 37.5 Å². The number of benzene rings is 1. The average molecular weight is 506 g/mol. The smallest absolute Gasteiger partial charge is 0.327 e. The van der Waals surface area contributed by atoms with Crippen LogP contribution >= 0.6 is 0 Å². The molecule has 1 aromatic carbocycles. The van der Waals surface area contributed by atoms with Crippen LogP contribution in [-0.2, 0) is 29.2 Å². The number of tetrazole rings is 1. The van der Waals surface area contributed by atoms with Gasteiger partial charge < -0.3 is 14.5 Å². The Kier molecular flexibility index (Phi) is 8.57. The highest BCUT2D eigenvalue weighted by Gasteiger charge is 2.27. The van der Waals surface area contributed by atoms with Crippen molar-refractivity contribution in [3.63, 3.8) is 0 Å². The van der Waals surface area contributed by atoms with Gasteiger partial charge in [-0.25, -0.2) is 4.68 Å². The molecule has 1 N–H and O–H groups in total. The third-order valence-corrected chi connectivity index (χ3v) is 5.95. The van der Waals surface area contributed by atoms with Crippen LogP contribution < -0.4 is 10.3 Å². The molecule has 0 radical (unpaired) electrons. The zero-order valence-electron chi connectivity index (χ0n) is 21.3. The lowest BCUT2D eigenvalue weighted by atomic mass is 10.1. The van der Waals surface area contributed by atoms with E-state index in [1.807, 2.05) is 50.2 Å². The SMILES string of the molecule is CCOC(=O)Cn1nnnc1C(CC)N(Cc1cccnc1)Cc1cc2cc(OCC)ccc2[nH]c1=O. The molecule has 11 nitrogen and oxygen atoms in total. The van der Waals surface area contributed by atoms with Crippen LogP contribution in [0.15, 0.2) is 53.6 Å². The molecule has 4 rings (SSSR count). The van der Waals surface area contributed by atoms with Crippen LogP contribution in [0.2, 0.25) is 0 Å². The molecule has 3 heterocycles. The lowest BCUT2D eigenvalue weighted by Crippen LogP contribution is -2.33. The van der Waals surface area contributed by atoms with Crippen LogP contribution in [0.1, 0.15) is 50.2 Å². The van der Waals surface area contributed by atoms with Gasteiger partial charge in [-0.15, -0.1) is 5.10 Å². The summed E-state index contributed by atoms with van der Waals surface area (Å²) >= 11 is 0. The first-order chi connectivity index (χ1) is 18.0. The lowest BCUT2D eigenvalue weighted by molar-refractivity contribution is -0.144. The molecule has 11 heteroatoms. The fraction of sp³-hybridized carbons (Fsp3) is 0.385. The number of fused-ring (bicyclic) bond motifs is 1. The zero-order chi connectivity index (χ0) is 26.2. The largest absolute Gasteiger partial charge is 0.494 e. The Morgan fingerprint density at radius 2 is 2.00 bits per heavy atom. The summed E-state index contributed by atoms with van der Waals surface area (Å²) in [7, 11) is 0. The standard InChI is InChI=1S/C26H31N7O4/c1-4-23(25-29-30-31-33(25)17-24(34)37-6-3)32(15-18-8-7-11-27-14-18)16-20-12-19-13-21(36-5-2)9-10-22(19)28-26(20)35/h7-14,23H,4-6,15-17H2,1-3H3,(H,28,35). The van der Waals surface area contributed by atoms with Crippen molar-refractivity contribution in [1.82, 2.24) is 35.1 Å². The van der Waals surface area contributed by atoms with Gasteiger partial charge in [0.05, 0.1) is 19.3 Å². The Hall–Kier alpha value is -4.12. The number of pyridine rings is 2. The molecule has 0 aliphatic heterocycles. The maximum Gasteiger partial charge on any atom is 0.327 e. The molecule has 0 bridgehead atoms. The fourth-order valence-corrected chi connectivity index (χ4v) is 4.32. The fourth-order valence-electron chi connectivity index (χ4n) is 4.32. The van der Waals surface area contributed by atoms with Crippen LogP contribution in [0.4, 0.5) is 0 Å². The average Bonchev–Trinajstić information content (AvgIpc) is 3.33. The Labute approximate surface area is 214 Å². The second-order valence-corrected chi connectivity index (χ2v) is 8.50. The highest BCUT2D eigenvalue weighted by atomic mass is 16.5. The van der Waals surface area contributed by atoms with Crippen molar-refractivity contribution in [2.75, 3.05) is 13.2 Å². The molecule has 0 saturated heterocycles. The number of esters is 1. The van der Waals surface area contributed by atoms with Crippen molar-refractivity contribution in [3.8, 4) is 5.75 Å². The topological polar surface area (TPSA) is 128 Å². The molecule has 194 valence electrons. The quantitative estimate of drug-likeness (QED) is 0.289. The summed E-state index contributed by atoms with van der Waals surface area (Å²) in [5.74, 6) is 0.848. The van der Waals surface area contributed by atoms with E-state index in [4.69, 9.17) is 9.47 Å². The molecule has 4 aromatic rings. The van der Waals surface area contributed by atoms with E-state index in [0.717, 1.165) is 22.2 Å². The molecule has 0 amide bonds. The minimum atomic E-state index is -0.416. The van der Waals surface area contributed by atoms with Crippen LogP contribution in [0, 0.1) is 0 Å². The van der Waals surface area contributed by atoms with Gasteiger partial charge in [-0.2, -0.15) is 0 Å². The van der Waals surface area contributed by atoms with Gasteiger partial charge in [-0.3, -0.25) is 19.5 Å². The first kappa shape index (κ1) is 26.0. The summed E-state index contributed by atoms with van der Waals surface area (Å²) in [4.78, 5) is 34.6. The highest BCUT2D eigenvalue weighted by Crippen LogP contribution is 2.27. The van der Waals surface area contributed by atoms with Gasteiger partial charge in [-0.05, 0) is 66.6 Å². The van der Waals surface area contributed by atoms with Gasteiger partial charge in [0.15, 0.2) is 5.82 Å². The molecular formula is C26H31N7O4. The van der Waals surface area contributed by atoms with Crippen molar-refractivity contribution in [1.29, 1.82) is 0 Å². The number of rotatable bonds is 12. The van der Waals surface area contributed by atoms with E-state index in [2.05, 4.69) is 30.4 Å². The number of carbonyl (C=O) groups excluding carboxylic acids is 1.